The number of imide groups is 1. The van der Waals surface area contributed by atoms with Crippen molar-refractivity contribution in [3.8, 4) is 0 Å². The molecule has 13 heteroatoms. The Morgan fingerprint density at radius 3 is 1.51 bits per heavy atom. The Hall–Kier alpha value is -2.94. The van der Waals surface area contributed by atoms with E-state index in [1.165, 1.54) is 4.90 Å². The highest BCUT2D eigenvalue weighted by atomic mass is 16.7. The number of hydrogen-bond acceptors (Lipinski definition) is 12. The molecule has 2 saturated heterocycles. The van der Waals surface area contributed by atoms with Crippen LogP contribution >= 0.6 is 0 Å². The lowest BCUT2D eigenvalue weighted by molar-refractivity contribution is -0.301. The van der Waals surface area contributed by atoms with E-state index in [-0.39, 0.29) is 87.2 Å². The van der Waals surface area contributed by atoms with Gasteiger partial charge in [0.15, 0.2) is 11.6 Å². The quantitative estimate of drug-likeness (QED) is 0.240. The molecule has 13 nitrogen and oxygen atoms in total. The first-order valence-corrected chi connectivity index (χ1v) is 16.7. The largest absolute Gasteiger partial charge is 0.463 e. The molecule has 3 heterocycles. The van der Waals surface area contributed by atoms with Gasteiger partial charge in [0.1, 0.15) is 0 Å². The molecule has 3 aliphatic heterocycles. The normalized spacial score (nSPS) is 23.7. The van der Waals surface area contributed by atoms with Crippen molar-refractivity contribution in [2.24, 2.45) is 5.73 Å². The first kappa shape index (κ1) is 44.1. The minimum atomic E-state index is -0.853. The maximum absolute atomic E-state index is 12.5. The summed E-state index contributed by atoms with van der Waals surface area (Å²) in [4.78, 5) is 49.9. The smallest absolute Gasteiger partial charge is 0.308 e. The van der Waals surface area contributed by atoms with Crippen molar-refractivity contribution in [3.63, 3.8) is 0 Å². The number of nitrogens with two attached hydrogens (primary N) is 1. The van der Waals surface area contributed by atoms with Crippen LogP contribution in [0.25, 0.3) is 0 Å². The van der Waals surface area contributed by atoms with Gasteiger partial charge in [-0.1, -0.05) is 19.6 Å². The molecule has 0 aromatic heterocycles. The van der Waals surface area contributed by atoms with Gasteiger partial charge in [0.05, 0.1) is 60.6 Å². The fraction of sp³-hybridized carbons (Fsp3) is 0.722. The molecule has 0 saturated carbocycles. The molecule has 0 spiro atoms. The number of ether oxygens (including phenoxy) is 6. The molecular formula is C36H60N2O11. The zero-order valence-electron chi connectivity index (χ0n) is 30.0. The summed E-state index contributed by atoms with van der Waals surface area (Å²) in [7, 11) is 1.00. The second kappa shape index (κ2) is 20.0. The molecule has 0 bridgehead atoms. The van der Waals surface area contributed by atoms with Crippen LogP contribution in [0.3, 0.4) is 0 Å². The van der Waals surface area contributed by atoms with Crippen LogP contribution in [0.4, 0.5) is 0 Å². The average molecular weight is 697 g/mol. The summed E-state index contributed by atoms with van der Waals surface area (Å²) < 4.78 is 33.6. The molecule has 0 radical (unpaired) electrons. The number of fused-ring (bicyclic) bond motifs is 1. The highest BCUT2D eigenvalue weighted by Crippen LogP contribution is 2.32. The van der Waals surface area contributed by atoms with Crippen LogP contribution in [0.1, 0.15) is 122 Å². The molecule has 1 aromatic carbocycles. The highest BCUT2D eigenvalue weighted by Gasteiger charge is 2.40. The number of aliphatic hydroxyl groups is 1. The minimum absolute atomic E-state index is 0. The van der Waals surface area contributed by atoms with Crippen LogP contribution in [0.2, 0.25) is 0 Å². The van der Waals surface area contributed by atoms with Gasteiger partial charge in [-0.3, -0.25) is 24.1 Å². The number of carbonyl (C=O) groups is 4. The Bertz CT molecular complexity index is 1180. The van der Waals surface area contributed by atoms with E-state index >= 15 is 0 Å². The lowest BCUT2D eigenvalue weighted by Crippen LogP contribution is -2.46. The van der Waals surface area contributed by atoms with Gasteiger partial charge < -0.3 is 39.3 Å². The molecule has 280 valence electrons. The average Bonchev–Trinajstić information content (AvgIpc) is 3.19. The standard InChI is InChI=1S/C21H27NO6.C13H25NO4.CH4O.CH4/c1-13(2)26-18(23)12-15-11-14(27-21(3,4)28-15)9-10-22-19(24)16-7-5-6-8-17(16)20(22)25;1-9(2)16-12(15)8-11-7-10(5-6-14)17-13(3,4)18-11;1-2;/h5-8,13-15H,9-12H2,1-4H3;9-11H,5-8,14H2,1-4H3;2H,1H3;1H4/t14-,15-;10-,11-;;/m11../s1. The van der Waals surface area contributed by atoms with E-state index in [0.717, 1.165) is 13.5 Å². The van der Waals surface area contributed by atoms with E-state index in [2.05, 4.69) is 0 Å². The number of nitrogens with zero attached hydrogens (tertiary/aromatic N) is 1. The summed E-state index contributed by atoms with van der Waals surface area (Å²) in [6.45, 7) is 15.4. The molecule has 3 N–H and O–H groups in total. The van der Waals surface area contributed by atoms with Gasteiger partial charge in [0.25, 0.3) is 11.8 Å². The first-order chi connectivity index (χ1) is 22.5. The number of esters is 2. The number of rotatable bonds is 11. The number of aliphatic hydroxyl groups excluding tert-OH is 1. The Morgan fingerprint density at radius 2 is 1.14 bits per heavy atom. The van der Waals surface area contributed by atoms with Crippen molar-refractivity contribution in [2.45, 2.75) is 150 Å². The highest BCUT2D eigenvalue weighted by molar-refractivity contribution is 6.21. The number of carbonyl (C=O) groups excluding carboxylic acids is 4. The van der Waals surface area contributed by atoms with Crippen molar-refractivity contribution in [3.05, 3.63) is 35.4 Å². The molecule has 0 unspecified atom stereocenters. The third-order valence-corrected chi connectivity index (χ3v) is 7.42. The van der Waals surface area contributed by atoms with Crippen molar-refractivity contribution in [1.82, 2.24) is 4.90 Å². The van der Waals surface area contributed by atoms with Gasteiger partial charge in [-0.15, -0.1) is 0 Å². The van der Waals surface area contributed by atoms with E-state index in [4.69, 9.17) is 39.3 Å². The number of hydrogen-bond donors (Lipinski definition) is 2. The van der Waals surface area contributed by atoms with Crippen molar-refractivity contribution in [2.75, 3.05) is 20.2 Å². The molecule has 4 rings (SSSR count). The fourth-order valence-corrected chi connectivity index (χ4v) is 5.94. The van der Waals surface area contributed by atoms with Crippen molar-refractivity contribution < 1.29 is 52.7 Å². The van der Waals surface area contributed by atoms with Gasteiger partial charge in [0.2, 0.25) is 0 Å². The second-order valence-electron chi connectivity index (χ2n) is 13.4. The predicted molar refractivity (Wildman–Crippen MR) is 184 cm³/mol. The summed E-state index contributed by atoms with van der Waals surface area (Å²) in [5.74, 6) is -2.60. The molecule has 2 fully saturated rings. The fourth-order valence-electron chi connectivity index (χ4n) is 5.94. The molecule has 49 heavy (non-hydrogen) atoms. The minimum Gasteiger partial charge on any atom is -0.463 e. The van der Waals surface area contributed by atoms with Gasteiger partial charge in [-0.25, -0.2) is 0 Å². The Labute approximate surface area is 292 Å². The van der Waals surface area contributed by atoms with Crippen LogP contribution in [0, 0.1) is 0 Å². The third-order valence-electron chi connectivity index (χ3n) is 7.42. The number of amides is 2. The van der Waals surface area contributed by atoms with Gasteiger partial charge in [-0.2, -0.15) is 0 Å². The van der Waals surface area contributed by atoms with Crippen LogP contribution in [0.15, 0.2) is 24.3 Å². The third kappa shape index (κ3) is 14.4. The summed E-state index contributed by atoms with van der Waals surface area (Å²) in [6.07, 6.45) is 1.93. The zero-order chi connectivity index (χ0) is 36.2. The van der Waals surface area contributed by atoms with Gasteiger partial charge >= 0.3 is 11.9 Å². The van der Waals surface area contributed by atoms with E-state index in [1.807, 2.05) is 27.7 Å². The lowest BCUT2D eigenvalue weighted by atomic mass is 10.0. The Kier molecular flexibility index (Phi) is 18.0. The molecule has 1 aromatic rings. The van der Waals surface area contributed by atoms with E-state index in [0.29, 0.717) is 36.9 Å². The number of benzene rings is 1. The van der Waals surface area contributed by atoms with Crippen LogP contribution in [-0.2, 0) is 38.0 Å². The molecule has 2 amide bonds. The molecule has 3 aliphatic rings. The molecule has 4 atom stereocenters. The molecule has 0 aliphatic carbocycles. The summed E-state index contributed by atoms with van der Waals surface area (Å²) >= 11 is 0. The van der Waals surface area contributed by atoms with Crippen molar-refractivity contribution >= 4 is 23.8 Å². The van der Waals surface area contributed by atoms with Crippen LogP contribution in [0.5, 0.6) is 0 Å². The van der Waals surface area contributed by atoms with Gasteiger partial charge in [0, 0.05) is 26.5 Å². The predicted octanol–water partition coefficient (Wildman–Crippen LogP) is 4.76. The monoisotopic (exact) mass is 696 g/mol. The molecular weight excluding hydrogens is 636 g/mol. The summed E-state index contributed by atoms with van der Waals surface area (Å²) in [5.41, 5.74) is 6.43. The van der Waals surface area contributed by atoms with Crippen LogP contribution in [-0.4, -0.2) is 102 Å². The summed E-state index contributed by atoms with van der Waals surface area (Å²) in [5, 5.41) is 7.00. The first-order valence-electron chi connectivity index (χ1n) is 16.7. The van der Waals surface area contributed by atoms with Crippen LogP contribution < -0.4 is 5.73 Å². The topological polar surface area (TPSA) is 173 Å². The second-order valence-corrected chi connectivity index (χ2v) is 13.4. The zero-order valence-corrected chi connectivity index (χ0v) is 30.0. The van der Waals surface area contributed by atoms with E-state index < -0.39 is 11.6 Å². The van der Waals surface area contributed by atoms with Gasteiger partial charge in [-0.05, 0) is 86.9 Å². The van der Waals surface area contributed by atoms with E-state index in [9.17, 15) is 19.2 Å². The Morgan fingerprint density at radius 1 is 0.776 bits per heavy atom. The van der Waals surface area contributed by atoms with E-state index in [1.54, 1.807) is 52.0 Å². The Balaban J connectivity index is 0.000000497. The lowest BCUT2D eigenvalue weighted by Gasteiger charge is -2.41. The maximum Gasteiger partial charge on any atom is 0.308 e. The SMILES string of the molecule is C.CC(C)OC(=O)C[C@H]1C[C@@H](CCN)OC(C)(C)O1.CC(C)OC(=O)C[C@H]1C[C@@H](CCN2C(=O)c3ccccc3C2=O)OC(C)(C)O1.CO. The summed E-state index contributed by atoms with van der Waals surface area (Å²) in [6, 6.07) is 6.83. The van der Waals surface area contributed by atoms with Crippen molar-refractivity contribution in [1.29, 1.82) is 0 Å². The maximum atomic E-state index is 12.5.